The molecule has 0 atom stereocenters. The van der Waals surface area contributed by atoms with Gasteiger partial charge in [0.15, 0.2) is 12.4 Å². The van der Waals surface area contributed by atoms with E-state index < -0.39 is 12.1 Å². The van der Waals surface area contributed by atoms with Gasteiger partial charge in [0.2, 0.25) is 0 Å². The second kappa shape index (κ2) is 4.23. The molecule has 0 saturated heterocycles. The molecule has 0 aliphatic carbocycles. The fraction of sp³-hybridized carbons (Fsp3) is 0.111. The molecular formula is C9H6F3O2. The first-order valence-corrected chi connectivity index (χ1v) is 3.66. The van der Waals surface area contributed by atoms with Crippen LogP contribution in [0.15, 0.2) is 30.3 Å². The summed E-state index contributed by atoms with van der Waals surface area (Å²) in [7, 11) is 0. The average molecular weight is 203 g/mol. The van der Waals surface area contributed by atoms with Gasteiger partial charge in [-0.1, -0.05) is 30.3 Å². The maximum Gasteiger partial charge on any atom is 0.523 e. The maximum atomic E-state index is 11.5. The maximum absolute atomic E-state index is 11.5. The van der Waals surface area contributed by atoms with Gasteiger partial charge in [0.1, 0.15) is 0 Å². The van der Waals surface area contributed by atoms with Gasteiger partial charge in [-0.2, -0.15) is 0 Å². The number of Topliss-reactive ketones (excluding diaryl/α,β-unsaturated/α-hetero) is 1. The minimum Gasteiger partial charge on any atom is -0.291 e. The van der Waals surface area contributed by atoms with Crippen molar-refractivity contribution in [1.29, 1.82) is 0 Å². The second-order valence-corrected chi connectivity index (χ2v) is 2.41. The van der Waals surface area contributed by atoms with Gasteiger partial charge in [-0.15, -0.1) is 13.2 Å². The number of hydrogen-bond donors (Lipinski definition) is 0. The zero-order valence-electron chi connectivity index (χ0n) is 6.91. The third-order valence-electron chi connectivity index (χ3n) is 1.36. The van der Waals surface area contributed by atoms with Crippen molar-refractivity contribution in [3.05, 3.63) is 42.5 Å². The van der Waals surface area contributed by atoms with Crippen molar-refractivity contribution in [2.75, 3.05) is 0 Å². The van der Waals surface area contributed by atoms with Gasteiger partial charge >= 0.3 is 6.36 Å². The first kappa shape index (κ1) is 10.7. The van der Waals surface area contributed by atoms with E-state index >= 15 is 0 Å². The summed E-state index contributed by atoms with van der Waals surface area (Å²) < 4.78 is 37.8. The van der Waals surface area contributed by atoms with Crippen molar-refractivity contribution >= 4 is 5.78 Å². The third kappa shape index (κ3) is 3.57. The van der Waals surface area contributed by atoms with E-state index in [4.69, 9.17) is 0 Å². The van der Waals surface area contributed by atoms with Gasteiger partial charge in [0.25, 0.3) is 0 Å². The van der Waals surface area contributed by atoms with Crippen LogP contribution in [0, 0.1) is 6.61 Å². The molecule has 1 aromatic rings. The lowest BCUT2D eigenvalue weighted by Gasteiger charge is -2.05. The number of alkyl halides is 3. The zero-order valence-corrected chi connectivity index (χ0v) is 6.91. The molecule has 14 heavy (non-hydrogen) atoms. The normalized spacial score (nSPS) is 11.4. The van der Waals surface area contributed by atoms with Crippen LogP contribution in [-0.4, -0.2) is 12.1 Å². The van der Waals surface area contributed by atoms with E-state index in [1.807, 2.05) is 0 Å². The van der Waals surface area contributed by atoms with Crippen LogP contribution in [0.1, 0.15) is 10.4 Å². The molecule has 0 aromatic heterocycles. The predicted molar refractivity (Wildman–Crippen MR) is 42.2 cm³/mol. The van der Waals surface area contributed by atoms with Crippen molar-refractivity contribution in [2.24, 2.45) is 0 Å². The van der Waals surface area contributed by atoms with Gasteiger partial charge in [-0.3, -0.25) is 9.53 Å². The molecular weight excluding hydrogens is 197 g/mol. The summed E-state index contributed by atoms with van der Waals surface area (Å²) in [4.78, 5) is 11.0. The SMILES string of the molecule is O=C([CH]OC(F)(F)F)c1ccccc1. The van der Waals surface area contributed by atoms with E-state index in [1.54, 1.807) is 18.2 Å². The van der Waals surface area contributed by atoms with Crippen LogP contribution in [0.4, 0.5) is 13.2 Å². The van der Waals surface area contributed by atoms with Crippen LogP contribution >= 0.6 is 0 Å². The Balaban J connectivity index is 2.52. The van der Waals surface area contributed by atoms with Gasteiger partial charge in [-0.05, 0) is 0 Å². The number of halogens is 3. The van der Waals surface area contributed by atoms with Crippen LogP contribution in [-0.2, 0) is 4.74 Å². The number of rotatable bonds is 3. The topological polar surface area (TPSA) is 26.3 Å². The predicted octanol–water partition coefficient (Wildman–Crippen LogP) is 2.57. The van der Waals surface area contributed by atoms with Crippen molar-refractivity contribution < 1.29 is 22.7 Å². The highest BCUT2D eigenvalue weighted by Crippen LogP contribution is 2.18. The molecule has 1 aromatic carbocycles. The molecule has 0 N–H and O–H groups in total. The van der Waals surface area contributed by atoms with E-state index in [1.165, 1.54) is 12.1 Å². The Morgan fingerprint density at radius 3 is 2.29 bits per heavy atom. The van der Waals surface area contributed by atoms with Crippen LogP contribution in [0.2, 0.25) is 0 Å². The first-order chi connectivity index (χ1) is 6.49. The molecule has 1 radical (unpaired) electrons. The molecule has 0 saturated carbocycles. The number of ketones is 1. The van der Waals surface area contributed by atoms with E-state index in [-0.39, 0.29) is 12.2 Å². The van der Waals surface area contributed by atoms with Gasteiger partial charge in [0.05, 0.1) is 0 Å². The molecule has 5 heteroatoms. The monoisotopic (exact) mass is 203 g/mol. The second-order valence-electron chi connectivity index (χ2n) is 2.41. The third-order valence-corrected chi connectivity index (χ3v) is 1.36. The molecule has 2 nitrogen and oxygen atoms in total. The molecule has 0 amide bonds. The molecule has 75 valence electrons. The number of ether oxygens (including phenoxy) is 1. The van der Waals surface area contributed by atoms with E-state index in [0.29, 0.717) is 0 Å². The summed E-state index contributed by atoms with van der Waals surface area (Å²) in [5.74, 6) is -0.817. The zero-order chi connectivity index (χ0) is 10.6. The number of carbonyl (C=O) groups is 1. The summed E-state index contributed by atoms with van der Waals surface area (Å²) in [5, 5.41) is 0. The Bertz CT molecular complexity index is 306. The molecule has 0 bridgehead atoms. The van der Waals surface area contributed by atoms with Crippen molar-refractivity contribution in [3.63, 3.8) is 0 Å². The summed E-state index contributed by atoms with van der Waals surface area (Å²) >= 11 is 0. The largest absolute Gasteiger partial charge is 0.523 e. The molecule has 0 heterocycles. The highest BCUT2D eigenvalue weighted by molar-refractivity contribution is 6.01. The standard InChI is InChI=1S/C9H6F3O2/c10-9(11,12)14-6-8(13)7-4-2-1-3-5-7/h1-6H. The lowest BCUT2D eigenvalue weighted by molar-refractivity contribution is -0.305. The summed E-state index contributed by atoms with van der Waals surface area (Å²) in [6.45, 7) is 0.148. The van der Waals surface area contributed by atoms with Crippen LogP contribution < -0.4 is 0 Å². The molecule has 0 spiro atoms. The highest BCUT2D eigenvalue weighted by atomic mass is 19.4. The minimum atomic E-state index is -4.82. The Hall–Kier alpha value is -1.36. The quantitative estimate of drug-likeness (QED) is 0.705. The highest BCUT2D eigenvalue weighted by Gasteiger charge is 2.30. The van der Waals surface area contributed by atoms with E-state index in [0.717, 1.165) is 0 Å². The Morgan fingerprint density at radius 1 is 1.21 bits per heavy atom. The Morgan fingerprint density at radius 2 is 1.79 bits per heavy atom. The smallest absolute Gasteiger partial charge is 0.291 e. The molecule has 1 rings (SSSR count). The lowest BCUT2D eigenvalue weighted by atomic mass is 10.1. The van der Waals surface area contributed by atoms with Crippen LogP contribution in [0.3, 0.4) is 0 Å². The summed E-state index contributed by atoms with van der Waals surface area (Å²) in [5.41, 5.74) is 0.150. The summed E-state index contributed by atoms with van der Waals surface area (Å²) in [6.07, 6.45) is -4.82. The Labute approximate surface area is 78.3 Å². The van der Waals surface area contributed by atoms with Crippen molar-refractivity contribution in [3.8, 4) is 0 Å². The minimum absolute atomic E-state index is 0.148. The number of benzene rings is 1. The molecule has 0 fully saturated rings. The van der Waals surface area contributed by atoms with Crippen LogP contribution in [0.25, 0.3) is 0 Å². The Kier molecular flexibility index (Phi) is 3.24. The van der Waals surface area contributed by atoms with E-state index in [9.17, 15) is 18.0 Å². The number of hydrogen-bond acceptors (Lipinski definition) is 2. The molecule has 0 aliphatic heterocycles. The van der Waals surface area contributed by atoms with Crippen LogP contribution in [0.5, 0.6) is 0 Å². The number of carbonyl (C=O) groups excluding carboxylic acids is 1. The van der Waals surface area contributed by atoms with E-state index in [2.05, 4.69) is 4.74 Å². The summed E-state index contributed by atoms with van der Waals surface area (Å²) in [6, 6.07) is 7.56. The fourth-order valence-electron chi connectivity index (χ4n) is 0.791. The average Bonchev–Trinajstić information content (AvgIpc) is 2.14. The molecule has 0 unspecified atom stereocenters. The van der Waals surface area contributed by atoms with Crippen molar-refractivity contribution in [2.45, 2.75) is 6.36 Å². The van der Waals surface area contributed by atoms with Crippen molar-refractivity contribution in [1.82, 2.24) is 0 Å². The lowest BCUT2D eigenvalue weighted by Crippen LogP contribution is -2.15. The van der Waals surface area contributed by atoms with Gasteiger partial charge in [-0.25, -0.2) is 0 Å². The van der Waals surface area contributed by atoms with Gasteiger partial charge in [0, 0.05) is 5.56 Å². The first-order valence-electron chi connectivity index (χ1n) is 3.66. The molecule has 0 aliphatic rings. The van der Waals surface area contributed by atoms with Gasteiger partial charge < -0.3 is 0 Å². The fourth-order valence-corrected chi connectivity index (χ4v) is 0.791.